The molecule has 2 rings (SSSR count). The average molecular weight is 265 g/mol. The third-order valence-corrected chi connectivity index (χ3v) is 3.36. The van der Waals surface area contributed by atoms with E-state index in [2.05, 4.69) is 78.5 Å². The van der Waals surface area contributed by atoms with Gasteiger partial charge in [-0.2, -0.15) is 4.57 Å². The average Bonchev–Trinajstić information content (AvgIpc) is 2.82. The van der Waals surface area contributed by atoms with Crippen molar-refractivity contribution in [2.24, 2.45) is 7.05 Å². The van der Waals surface area contributed by atoms with Crippen LogP contribution < -0.4 is 4.57 Å². The molecule has 2 heteroatoms. The van der Waals surface area contributed by atoms with Crippen LogP contribution in [0.4, 0.5) is 0 Å². The first kappa shape index (κ1) is 14.1. The van der Waals surface area contributed by atoms with E-state index in [0.29, 0.717) is 0 Å². The summed E-state index contributed by atoms with van der Waals surface area (Å²) >= 11 is 0. The molecule has 0 radical (unpaired) electrons. The minimum atomic E-state index is 1.13. The highest BCUT2D eigenvalue weighted by atomic mass is 15.1. The molecule has 0 bridgehead atoms. The smallest absolute Gasteiger partial charge is 0.232 e. The molecule has 0 amide bonds. The second-order valence-electron chi connectivity index (χ2n) is 4.73. The van der Waals surface area contributed by atoms with Crippen LogP contribution in [0, 0.1) is 6.92 Å². The lowest BCUT2D eigenvalue weighted by Crippen LogP contribution is -2.29. The van der Waals surface area contributed by atoms with Crippen molar-refractivity contribution in [3.63, 3.8) is 0 Å². The van der Waals surface area contributed by atoms with Gasteiger partial charge in [-0.05, 0) is 37.6 Å². The van der Waals surface area contributed by atoms with Crippen molar-refractivity contribution in [2.45, 2.75) is 13.8 Å². The monoisotopic (exact) mass is 265 g/mol. The maximum Gasteiger partial charge on any atom is 0.294 e. The lowest BCUT2D eigenvalue weighted by atomic mass is 10.1. The van der Waals surface area contributed by atoms with Gasteiger partial charge in [0.25, 0.3) is 5.82 Å². The minimum absolute atomic E-state index is 1.13. The van der Waals surface area contributed by atoms with Crippen LogP contribution in [0.25, 0.3) is 17.1 Å². The molecular weight excluding hydrogens is 244 g/mol. The molecule has 0 aliphatic rings. The zero-order valence-corrected chi connectivity index (χ0v) is 12.4. The van der Waals surface area contributed by atoms with Crippen molar-refractivity contribution in [1.29, 1.82) is 0 Å². The third kappa shape index (κ3) is 2.64. The van der Waals surface area contributed by atoms with E-state index in [4.69, 9.17) is 0 Å². The van der Waals surface area contributed by atoms with Gasteiger partial charge in [-0.25, -0.2) is 4.57 Å². The van der Waals surface area contributed by atoms with Crippen LogP contribution in [-0.2, 0) is 7.05 Å². The first-order valence-corrected chi connectivity index (χ1v) is 6.77. The highest BCUT2D eigenvalue weighted by molar-refractivity contribution is 5.67. The Hall–Kier alpha value is -2.35. The molecule has 0 saturated carbocycles. The molecule has 0 atom stereocenters. The van der Waals surface area contributed by atoms with Gasteiger partial charge in [0.15, 0.2) is 0 Å². The fraction of sp³-hybridized carbons (Fsp3) is 0.167. The van der Waals surface area contributed by atoms with E-state index in [-0.39, 0.29) is 0 Å². The number of aryl methyl sites for hydroxylation is 2. The maximum absolute atomic E-state index is 3.73. The Morgan fingerprint density at radius 3 is 2.70 bits per heavy atom. The topological polar surface area (TPSA) is 8.81 Å². The summed E-state index contributed by atoms with van der Waals surface area (Å²) in [6, 6.07) is 8.45. The Bertz CT molecular complexity index is 672. The van der Waals surface area contributed by atoms with Crippen molar-refractivity contribution in [2.75, 3.05) is 0 Å². The summed E-state index contributed by atoms with van der Waals surface area (Å²) in [4.78, 5) is 0. The predicted octanol–water partition coefficient (Wildman–Crippen LogP) is 3.89. The van der Waals surface area contributed by atoms with Crippen molar-refractivity contribution in [3.05, 3.63) is 73.1 Å². The molecule has 20 heavy (non-hydrogen) atoms. The summed E-state index contributed by atoms with van der Waals surface area (Å²) in [5.41, 5.74) is 3.64. The molecule has 0 fully saturated rings. The second-order valence-corrected chi connectivity index (χ2v) is 4.73. The largest absolute Gasteiger partial charge is 0.294 e. The van der Waals surface area contributed by atoms with Gasteiger partial charge in [-0.15, -0.1) is 0 Å². The fourth-order valence-electron chi connectivity index (χ4n) is 2.31. The van der Waals surface area contributed by atoms with Gasteiger partial charge < -0.3 is 0 Å². The van der Waals surface area contributed by atoms with E-state index in [0.717, 1.165) is 5.70 Å². The SMILES string of the molecule is C=C/C=C\C(=C/C)n1cc[n+](C)c1-c1ccccc1C. The number of imidazole rings is 1. The van der Waals surface area contributed by atoms with E-state index < -0.39 is 0 Å². The number of nitrogens with zero attached hydrogens (tertiary/aromatic N) is 2. The minimum Gasteiger partial charge on any atom is -0.232 e. The van der Waals surface area contributed by atoms with Crippen LogP contribution in [-0.4, -0.2) is 4.57 Å². The lowest BCUT2D eigenvalue weighted by molar-refractivity contribution is -0.659. The number of allylic oxidation sites excluding steroid dienone is 5. The Labute approximate surface area is 121 Å². The third-order valence-electron chi connectivity index (χ3n) is 3.36. The van der Waals surface area contributed by atoms with Crippen molar-refractivity contribution in [1.82, 2.24) is 4.57 Å². The van der Waals surface area contributed by atoms with Gasteiger partial charge in [0.05, 0.1) is 12.6 Å². The number of rotatable bonds is 4. The van der Waals surface area contributed by atoms with Gasteiger partial charge in [0.1, 0.15) is 18.1 Å². The summed E-state index contributed by atoms with van der Waals surface area (Å²) < 4.78 is 4.34. The van der Waals surface area contributed by atoms with Gasteiger partial charge in [-0.1, -0.05) is 36.9 Å². The highest BCUT2D eigenvalue weighted by Gasteiger charge is 2.20. The Morgan fingerprint density at radius 1 is 1.30 bits per heavy atom. The first-order valence-electron chi connectivity index (χ1n) is 6.77. The zero-order chi connectivity index (χ0) is 14.5. The Balaban J connectivity index is 2.61. The molecule has 1 aromatic carbocycles. The molecule has 0 aliphatic carbocycles. The van der Waals surface area contributed by atoms with Gasteiger partial charge in [0.2, 0.25) is 0 Å². The first-order chi connectivity index (χ1) is 9.69. The summed E-state index contributed by atoms with van der Waals surface area (Å²) in [7, 11) is 2.07. The van der Waals surface area contributed by atoms with E-state index in [1.54, 1.807) is 6.08 Å². The van der Waals surface area contributed by atoms with Crippen LogP contribution in [0.1, 0.15) is 12.5 Å². The van der Waals surface area contributed by atoms with E-state index in [1.807, 2.05) is 13.0 Å². The van der Waals surface area contributed by atoms with Crippen LogP contribution in [0.5, 0.6) is 0 Å². The number of benzene rings is 1. The van der Waals surface area contributed by atoms with Crippen molar-refractivity contribution < 1.29 is 4.57 Å². The molecule has 2 nitrogen and oxygen atoms in total. The summed E-state index contributed by atoms with van der Waals surface area (Å²) in [6.07, 6.45) is 12.1. The summed E-state index contributed by atoms with van der Waals surface area (Å²) in [6.45, 7) is 7.92. The number of hydrogen-bond donors (Lipinski definition) is 0. The normalized spacial score (nSPS) is 12.1. The molecule has 0 N–H and O–H groups in total. The van der Waals surface area contributed by atoms with Gasteiger partial charge in [0, 0.05) is 0 Å². The van der Waals surface area contributed by atoms with Gasteiger partial charge in [-0.3, -0.25) is 0 Å². The molecule has 2 aromatic rings. The van der Waals surface area contributed by atoms with Crippen LogP contribution in [0.15, 0.2) is 67.5 Å². The van der Waals surface area contributed by atoms with Crippen LogP contribution >= 0.6 is 0 Å². The van der Waals surface area contributed by atoms with E-state index >= 15 is 0 Å². The molecule has 1 heterocycles. The maximum atomic E-state index is 3.73. The molecule has 102 valence electrons. The van der Waals surface area contributed by atoms with Gasteiger partial charge >= 0.3 is 0 Å². The molecule has 0 aliphatic heterocycles. The zero-order valence-electron chi connectivity index (χ0n) is 12.4. The molecule has 0 unspecified atom stereocenters. The second kappa shape index (κ2) is 6.20. The molecule has 0 saturated heterocycles. The number of hydrogen-bond acceptors (Lipinski definition) is 0. The summed E-state index contributed by atoms with van der Waals surface area (Å²) in [5, 5.41) is 0. The van der Waals surface area contributed by atoms with E-state index in [1.165, 1.54) is 17.0 Å². The molecular formula is C18H21N2+. The van der Waals surface area contributed by atoms with Crippen LogP contribution in [0.2, 0.25) is 0 Å². The highest BCUT2D eigenvalue weighted by Crippen LogP contribution is 2.23. The lowest BCUT2D eigenvalue weighted by Gasteiger charge is -2.06. The van der Waals surface area contributed by atoms with Crippen molar-refractivity contribution in [3.8, 4) is 11.4 Å². The molecule has 1 aromatic heterocycles. The number of aromatic nitrogens is 2. The molecule has 0 spiro atoms. The predicted molar refractivity (Wildman–Crippen MR) is 85.1 cm³/mol. The Kier molecular flexibility index (Phi) is 4.36. The Morgan fingerprint density at radius 2 is 2.05 bits per heavy atom. The van der Waals surface area contributed by atoms with E-state index in [9.17, 15) is 0 Å². The van der Waals surface area contributed by atoms with Crippen molar-refractivity contribution >= 4 is 5.70 Å². The van der Waals surface area contributed by atoms with Crippen LogP contribution in [0.3, 0.4) is 0 Å². The summed E-state index contributed by atoms with van der Waals surface area (Å²) in [5.74, 6) is 1.17. The standard InChI is InChI=1S/C18H21N2/c1-5-7-11-16(6-2)20-14-13-19(4)18(20)17-12-9-8-10-15(17)3/h5-14H,1H2,2-4H3/q+1/b11-7-,16-6+. The fourth-order valence-corrected chi connectivity index (χ4v) is 2.31. The quantitative estimate of drug-likeness (QED) is 0.586.